The van der Waals surface area contributed by atoms with Gasteiger partial charge in [-0.1, -0.05) is 38.2 Å². The summed E-state index contributed by atoms with van der Waals surface area (Å²) in [5.41, 5.74) is 0.848. The van der Waals surface area contributed by atoms with Crippen LogP contribution in [0.2, 0.25) is 0 Å². The first-order valence-corrected chi connectivity index (χ1v) is 8.88. The molecular weight excluding hydrogens is 288 g/mol. The fraction of sp³-hybridized carbons (Fsp3) is 0.611. The maximum Gasteiger partial charge on any atom is 0.220 e. The molecule has 1 N–H and O–H groups in total. The molecule has 0 spiro atoms. The number of amides is 1. The molecule has 1 saturated carbocycles. The average Bonchev–Trinajstić information content (AvgIpc) is 2.99. The third-order valence-electron chi connectivity index (χ3n) is 4.80. The van der Waals surface area contributed by atoms with Crippen molar-refractivity contribution in [2.75, 3.05) is 6.54 Å². The van der Waals surface area contributed by atoms with Crippen LogP contribution in [0.25, 0.3) is 5.65 Å². The number of fused-ring (bicyclic) bond motifs is 1. The lowest BCUT2D eigenvalue weighted by molar-refractivity contribution is -0.121. The molecule has 0 atom stereocenters. The summed E-state index contributed by atoms with van der Waals surface area (Å²) in [5.74, 6) is 1.91. The quantitative estimate of drug-likeness (QED) is 0.854. The van der Waals surface area contributed by atoms with Gasteiger partial charge in [0.05, 0.1) is 0 Å². The molecule has 5 heteroatoms. The number of aromatic nitrogens is 3. The van der Waals surface area contributed by atoms with Crippen LogP contribution in [0.3, 0.4) is 0 Å². The van der Waals surface area contributed by atoms with Gasteiger partial charge in [-0.15, -0.1) is 10.2 Å². The normalized spacial score (nSPS) is 15.8. The lowest BCUT2D eigenvalue weighted by atomic mass is 9.86. The second-order valence-electron chi connectivity index (χ2n) is 6.54. The fourth-order valence-corrected chi connectivity index (χ4v) is 3.49. The van der Waals surface area contributed by atoms with Crippen molar-refractivity contribution in [3.05, 3.63) is 30.2 Å². The molecule has 2 heterocycles. The van der Waals surface area contributed by atoms with E-state index in [9.17, 15) is 4.79 Å². The van der Waals surface area contributed by atoms with Gasteiger partial charge in [0.25, 0.3) is 0 Å². The predicted molar refractivity (Wildman–Crippen MR) is 90.1 cm³/mol. The Morgan fingerprint density at radius 1 is 1.22 bits per heavy atom. The average molecular weight is 314 g/mol. The van der Waals surface area contributed by atoms with Crippen molar-refractivity contribution >= 4 is 11.6 Å². The van der Waals surface area contributed by atoms with Crippen LogP contribution < -0.4 is 5.32 Å². The van der Waals surface area contributed by atoms with Crippen LogP contribution in [-0.4, -0.2) is 27.0 Å². The van der Waals surface area contributed by atoms with Crippen LogP contribution in [-0.2, 0) is 11.2 Å². The molecule has 23 heavy (non-hydrogen) atoms. The minimum absolute atomic E-state index is 0.162. The molecule has 1 fully saturated rings. The van der Waals surface area contributed by atoms with Crippen LogP contribution >= 0.6 is 0 Å². The van der Waals surface area contributed by atoms with Crippen LogP contribution in [0.15, 0.2) is 24.4 Å². The number of rotatable bonds is 7. The van der Waals surface area contributed by atoms with Crippen molar-refractivity contribution < 1.29 is 4.79 Å². The van der Waals surface area contributed by atoms with Crippen molar-refractivity contribution in [3.8, 4) is 0 Å². The zero-order valence-electron chi connectivity index (χ0n) is 13.7. The van der Waals surface area contributed by atoms with Crippen molar-refractivity contribution in [2.24, 2.45) is 5.92 Å². The van der Waals surface area contributed by atoms with Crippen LogP contribution in [0, 0.1) is 5.92 Å². The first-order chi connectivity index (χ1) is 11.3. The summed E-state index contributed by atoms with van der Waals surface area (Å²) in [6.07, 6.45) is 12.4. The van der Waals surface area contributed by atoms with Gasteiger partial charge in [0, 0.05) is 25.6 Å². The van der Waals surface area contributed by atoms with Gasteiger partial charge >= 0.3 is 0 Å². The van der Waals surface area contributed by atoms with Crippen LogP contribution in [0.4, 0.5) is 0 Å². The highest BCUT2D eigenvalue weighted by Crippen LogP contribution is 2.27. The topological polar surface area (TPSA) is 59.3 Å². The Morgan fingerprint density at radius 2 is 2.09 bits per heavy atom. The third kappa shape index (κ3) is 4.53. The lowest BCUT2D eigenvalue weighted by Crippen LogP contribution is -2.26. The Labute approximate surface area is 137 Å². The molecule has 1 aliphatic carbocycles. The molecule has 2 aromatic rings. The van der Waals surface area contributed by atoms with E-state index in [1.54, 1.807) is 0 Å². The monoisotopic (exact) mass is 314 g/mol. The zero-order valence-corrected chi connectivity index (χ0v) is 13.7. The van der Waals surface area contributed by atoms with E-state index in [0.717, 1.165) is 23.8 Å². The first kappa shape index (κ1) is 16.0. The number of nitrogens with one attached hydrogen (secondary N) is 1. The zero-order chi connectivity index (χ0) is 15.9. The van der Waals surface area contributed by atoms with Gasteiger partial charge in [-0.3, -0.25) is 9.20 Å². The molecule has 124 valence electrons. The standard InChI is InChI=1S/C18H26N4O/c23-18(11-6-9-15-7-2-1-3-8-15)19-13-12-17-21-20-16-10-4-5-14-22(16)17/h4-5,10,14-15H,1-3,6-9,11-13H2,(H,19,23). The van der Waals surface area contributed by atoms with Crippen LogP contribution in [0.1, 0.15) is 57.2 Å². The number of pyridine rings is 1. The summed E-state index contributed by atoms with van der Waals surface area (Å²) in [7, 11) is 0. The van der Waals surface area contributed by atoms with Crippen LogP contribution in [0.5, 0.6) is 0 Å². The second kappa shape index (κ2) is 8.09. The highest BCUT2D eigenvalue weighted by molar-refractivity contribution is 5.75. The number of hydrogen-bond acceptors (Lipinski definition) is 3. The molecule has 0 bridgehead atoms. The van der Waals surface area contributed by atoms with E-state index in [0.29, 0.717) is 19.4 Å². The molecule has 0 unspecified atom stereocenters. The van der Waals surface area contributed by atoms with Gasteiger partial charge in [-0.2, -0.15) is 0 Å². The van der Waals surface area contributed by atoms with Crippen molar-refractivity contribution in [3.63, 3.8) is 0 Å². The maximum atomic E-state index is 11.9. The van der Waals surface area contributed by atoms with Gasteiger partial charge in [0.2, 0.25) is 5.91 Å². The predicted octanol–water partition coefficient (Wildman–Crippen LogP) is 3.14. The fourth-order valence-electron chi connectivity index (χ4n) is 3.49. The minimum atomic E-state index is 0.162. The second-order valence-corrected chi connectivity index (χ2v) is 6.54. The SMILES string of the molecule is O=C(CCCC1CCCCC1)NCCc1nnc2ccccn12. The molecule has 2 aromatic heterocycles. The number of carbonyl (C=O) groups excluding carboxylic acids is 1. The largest absolute Gasteiger partial charge is 0.356 e. The highest BCUT2D eigenvalue weighted by Gasteiger charge is 2.13. The molecule has 1 aliphatic rings. The molecular formula is C18H26N4O. The van der Waals surface area contributed by atoms with Crippen molar-refractivity contribution in [2.45, 2.75) is 57.8 Å². The van der Waals surface area contributed by atoms with E-state index in [1.165, 1.54) is 38.5 Å². The molecule has 1 amide bonds. The first-order valence-electron chi connectivity index (χ1n) is 8.88. The molecule has 5 nitrogen and oxygen atoms in total. The molecule has 0 aromatic carbocycles. The highest BCUT2D eigenvalue weighted by atomic mass is 16.1. The van der Waals surface area contributed by atoms with E-state index in [-0.39, 0.29) is 5.91 Å². The van der Waals surface area contributed by atoms with E-state index < -0.39 is 0 Å². The van der Waals surface area contributed by atoms with Gasteiger partial charge in [0.15, 0.2) is 5.65 Å². The van der Waals surface area contributed by atoms with E-state index in [2.05, 4.69) is 15.5 Å². The number of carbonyl (C=O) groups is 1. The smallest absolute Gasteiger partial charge is 0.220 e. The Hall–Kier alpha value is -1.91. The van der Waals surface area contributed by atoms with Gasteiger partial charge in [-0.05, 0) is 30.9 Å². The minimum Gasteiger partial charge on any atom is -0.356 e. The molecule has 0 saturated heterocycles. The van der Waals surface area contributed by atoms with Crippen molar-refractivity contribution in [1.82, 2.24) is 19.9 Å². The van der Waals surface area contributed by atoms with E-state index >= 15 is 0 Å². The van der Waals surface area contributed by atoms with Gasteiger partial charge in [0.1, 0.15) is 5.82 Å². The van der Waals surface area contributed by atoms with Crippen molar-refractivity contribution in [1.29, 1.82) is 0 Å². The number of hydrogen-bond donors (Lipinski definition) is 1. The summed E-state index contributed by atoms with van der Waals surface area (Å²) >= 11 is 0. The Balaban J connectivity index is 1.34. The van der Waals surface area contributed by atoms with Gasteiger partial charge < -0.3 is 5.32 Å². The Morgan fingerprint density at radius 3 is 2.96 bits per heavy atom. The lowest BCUT2D eigenvalue weighted by Gasteiger charge is -2.21. The molecule has 3 rings (SSSR count). The van der Waals surface area contributed by atoms with E-state index in [4.69, 9.17) is 0 Å². The Kier molecular flexibility index (Phi) is 5.61. The molecule has 0 aliphatic heterocycles. The summed E-state index contributed by atoms with van der Waals surface area (Å²) in [6, 6.07) is 5.84. The van der Waals surface area contributed by atoms with Gasteiger partial charge in [-0.25, -0.2) is 0 Å². The van der Waals surface area contributed by atoms with E-state index in [1.807, 2.05) is 28.8 Å². The summed E-state index contributed by atoms with van der Waals surface area (Å²) in [4.78, 5) is 11.9. The summed E-state index contributed by atoms with van der Waals surface area (Å²) in [5, 5.41) is 11.3. The maximum absolute atomic E-state index is 11.9. The Bertz CT molecular complexity index is 631. The number of nitrogens with zero attached hydrogens (tertiary/aromatic N) is 3. The summed E-state index contributed by atoms with van der Waals surface area (Å²) in [6.45, 7) is 0.623. The summed E-state index contributed by atoms with van der Waals surface area (Å²) < 4.78 is 1.97. The third-order valence-corrected chi connectivity index (χ3v) is 4.80. The molecule has 0 radical (unpaired) electrons.